The smallest absolute Gasteiger partial charge is 0.241 e. The summed E-state index contributed by atoms with van der Waals surface area (Å²) in [7, 11) is 0. The molecule has 6 heteroatoms. The van der Waals surface area contributed by atoms with E-state index in [4.69, 9.17) is 9.84 Å². The average Bonchev–Trinajstić information content (AvgIpc) is 3.17. The summed E-state index contributed by atoms with van der Waals surface area (Å²) >= 11 is 0. The average molecular weight is 446 g/mol. The van der Waals surface area contributed by atoms with Crippen molar-refractivity contribution < 1.29 is 4.74 Å². The van der Waals surface area contributed by atoms with Gasteiger partial charge in [0.1, 0.15) is 6.61 Å². The first-order chi connectivity index (χ1) is 13.8. The number of aromatic nitrogens is 2. The van der Waals surface area contributed by atoms with E-state index >= 15 is 0 Å². The lowest BCUT2D eigenvalue weighted by molar-refractivity contribution is 0.0403. The van der Waals surface area contributed by atoms with Crippen LogP contribution >= 0.6 is 24.8 Å². The normalized spacial score (nSPS) is 22.1. The minimum absolute atomic E-state index is 0. The molecule has 0 amide bonds. The molecule has 1 atom stereocenters. The van der Waals surface area contributed by atoms with Crippen molar-refractivity contribution in [2.24, 2.45) is 11.8 Å². The molecule has 1 aromatic heterocycles. The molecule has 160 valence electrons. The zero-order valence-corrected chi connectivity index (χ0v) is 18.7. The minimum atomic E-state index is 0. The van der Waals surface area contributed by atoms with Gasteiger partial charge >= 0.3 is 0 Å². The van der Waals surface area contributed by atoms with Crippen LogP contribution in [0.15, 0.2) is 66.9 Å². The lowest BCUT2D eigenvalue weighted by Crippen LogP contribution is -2.48. The van der Waals surface area contributed by atoms with E-state index in [-0.39, 0.29) is 24.8 Å². The molecule has 4 heterocycles. The van der Waals surface area contributed by atoms with E-state index in [1.807, 2.05) is 24.3 Å². The molecule has 6 rings (SSSR count). The molecule has 30 heavy (non-hydrogen) atoms. The molecule has 3 aliphatic rings. The van der Waals surface area contributed by atoms with Crippen molar-refractivity contribution in [3.8, 4) is 17.0 Å². The molecule has 2 bridgehead atoms. The lowest BCUT2D eigenvalue weighted by atomic mass is 9.79. The highest BCUT2D eigenvalue weighted by molar-refractivity contribution is 5.85. The summed E-state index contributed by atoms with van der Waals surface area (Å²) in [5.74, 6) is 2.28. The molecular formula is C24H29Cl2N3O. The first kappa shape index (κ1) is 22.7. The molecule has 0 aliphatic carbocycles. The predicted octanol–water partition coefficient (Wildman–Crippen LogP) is 5.31. The van der Waals surface area contributed by atoms with Crippen LogP contribution in [0.1, 0.15) is 18.4 Å². The van der Waals surface area contributed by atoms with E-state index in [1.165, 1.54) is 32.5 Å². The standard InChI is InChI=1S/C24H27N3O.2ClH/c1-3-7-19(8-4-1)18-28-24-23(21-9-5-2-6-10-21)17-27(25-24)16-22-15-26-13-11-20(22)12-14-26;;/h1-10,17,20,22H,11-16,18H2;2*1H. The Morgan fingerprint density at radius 1 is 0.900 bits per heavy atom. The highest BCUT2D eigenvalue weighted by Gasteiger charge is 2.34. The quantitative estimate of drug-likeness (QED) is 0.514. The molecule has 3 saturated heterocycles. The summed E-state index contributed by atoms with van der Waals surface area (Å²) in [5.41, 5.74) is 3.40. The Morgan fingerprint density at radius 2 is 1.57 bits per heavy atom. The van der Waals surface area contributed by atoms with Gasteiger partial charge in [0.15, 0.2) is 0 Å². The third-order valence-corrected chi connectivity index (χ3v) is 6.24. The van der Waals surface area contributed by atoms with Crippen LogP contribution in [0.4, 0.5) is 0 Å². The molecule has 3 fully saturated rings. The van der Waals surface area contributed by atoms with Gasteiger partial charge < -0.3 is 9.64 Å². The number of hydrogen-bond donors (Lipinski definition) is 0. The molecule has 3 aliphatic heterocycles. The largest absolute Gasteiger partial charge is 0.471 e. The number of fused-ring (bicyclic) bond motifs is 3. The van der Waals surface area contributed by atoms with E-state index in [0.29, 0.717) is 12.5 Å². The molecule has 2 aromatic carbocycles. The number of hydrogen-bond acceptors (Lipinski definition) is 3. The molecule has 0 saturated carbocycles. The van der Waals surface area contributed by atoms with Gasteiger partial charge in [-0.3, -0.25) is 4.68 Å². The van der Waals surface area contributed by atoms with Gasteiger partial charge in [0.2, 0.25) is 5.88 Å². The van der Waals surface area contributed by atoms with Crippen LogP contribution in [0.25, 0.3) is 11.1 Å². The van der Waals surface area contributed by atoms with Crippen LogP contribution in [0, 0.1) is 11.8 Å². The second kappa shape index (κ2) is 10.3. The number of piperidine rings is 3. The van der Waals surface area contributed by atoms with Gasteiger partial charge in [0.05, 0.1) is 5.56 Å². The van der Waals surface area contributed by atoms with Gasteiger partial charge in [-0.2, -0.15) is 0 Å². The summed E-state index contributed by atoms with van der Waals surface area (Å²) in [6.45, 7) is 5.29. The van der Waals surface area contributed by atoms with E-state index in [2.05, 4.69) is 52.2 Å². The summed E-state index contributed by atoms with van der Waals surface area (Å²) in [6, 6.07) is 20.7. The van der Waals surface area contributed by atoms with Crippen molar-refractivity contribution in [3.05, 3.63) is 72.4 Å². The maximum Gasteiger partial charge on any atom is 0.241 e. The Hall–Kier alpha value is -2.01. The monoisotopic (exact) mass is 445 g/mol. The van der Waals surface area contributed by atoms with E-state index in [0.717, 1.165) is 35.0 Å². The molecule has 0 radical (unpaired) electrons. The van der Waals surface area contributed by atoms with Crippen LogP contribution in [0.2, 0.25) is 0 Å². The van der Waals surface area contributed by atoms with E-state index < -0.39 is 0 Å². The topological polar surface area (TPSA) is 30.3 Å². The summed E-state index contributed by atoms with van der Waals surface area (Å²) in [4.78, 5) is 2.61. The predicted molar refractivity (Wildman–Crippen MR) is 126 cm³/mol. The van der Waals surface area contributed by atoms with Gasteiger partial charge in [-0.1, -0.05) is 60.7 Å². The zero-order chi connectivity index (χ0) is 18.8. The van der Waals surface area contributed by atoms with Gasteiger partial charge in [-0.05, 0) is 48.9 Å². The van der Waals surface area contributed by atoms with Crippen molar-refractivity contribution >= 4 is 24.8 Å². The van der Waals surface area contributed by atoms with Crippen molar-refractivity contribution in [3.63, 3.8) is 0 Å². The molecule has 3 aromatic rings. The second-order valence-corrected chi connectivity index (χ2v) is 8.11. The highest BCUT2D eigenvalue weighted by atomic mass is 35.5. The Balaban J connectivity index is 0.00000128. The molecule has 4 nitrogen and oxygen atoms in total. The number of nitrogens with zero attached hydrogens (tertiary/aromatic N) is 3. The van der Waals surface area contributed by atoms with Crippen LogP contribution in [-0.2, 0) is 13.2 Å². The van der Waals surface area contributed by atoms with Crippen molar-refractivity contribution in [1.29, 1.82) is 0 Å². The van der Waals surface area contributed by atoms with Gasteiger partial charge in [0, 0.05) is 19.3 Å². The summed E-state index contributed by atoms with van der Waals surface area (Å²) in [6.07, 6.45) is 4.86. The fraction of sp³-hybridized carbons (Fsp3) is 0.375. The Bertz CT molecular complexity index is 909. The molecule has 0 spiro atoms. The third kappa shape index (κ3) is 5.00. The third-order valence-electron chi connectivity index (χ3n) is 6.24. The van der Waals surface area contributed by atoms with Gasteiger partial charge in [-0.15, -0.1) is 29.9 Å². The van der Waals surface area contributed by atoms with Crippen LogP contribution in [0.5, 0.6) is 5.88 Å². The fourth-order valence-corrected chi connectivity index (χ4v) is 4.68. The second-order valence-electron chi connectivity index (χ2n) is 8.11. The first-order valence-corrected chi connectivity index (χ1v) is 10.4. The maximum atomic E-state index is 6.17. The minimum Gasteiger partial charge on any atom is -0.471 e. The van der Waals surface area contributed by atoms with Crippen molar-refractivity contribution in [2.75, 3.05) is 19.6 Å². The first-order valence-electron chi connectivity index (χ1n) is 10.4. The van der Waals surface area contributed by atoms with E-state index in [1.54, 1.807) is 0 Å². The van der Waals surface area contributed by atoms with E-state index in [9.17, 15) is 0 Å². The Kier molecular flexibility index (Phi) is 7.81. The number of halogens is 2. The summed E-state index contributed by atoms with van der Waals surface area (Å²) < 4.78 is 8.29. The van der Waals surface area contributed by atoms with Crippen molar-refractivity contribution in [2.45, 2.75) is 26.0 Å². The number of benzene rings is 2. The Morgan fingerprint density at radius 3 is 2.20 bits per heavy atom. The van der Waals surface area contributed by atoms with Crippen LogP contribution < -0.4 is 4.74 Å². The molecule has 1 unspecified atom stereocenters. The van der Waals surface area contributed by atoms with Crippen LogP contribution in [0.3, 0.4) is 0 Å². The Labute approximate surface area is 191 Å². The van der Waals surface area contributed by atoms with Crippen molar-refractivity contribution in [1.82, 2.24) is 14.7 Å². The molecule has 0 N–H and O–H groups in total. The lowest BCUT2D eigenvalue weighted by Gasteiger charge is -2.44. The maximum absolute atomic E-state index is 6.17. The summed E-state index contributed by atoms with van der Waals surface area (Å²) in [5, 5.41) is 4.86. The fourth-order valence-electron chi connectivity index (χ4n) is 4.68. The molecular weight excluding hydrogens is 417 g/mol. The SMILES string of the molecule is Cl.Cl.c1ccc(COc2nn(CC3CN4CCC3CC4)cc2-c2ccccc2)cc1. The number of rotatable bonds is 6. The van der Waals surface area contributed by atoms with Gasteiger partial charge in [-0.25, -0.2) is 0 Å². The number of ether oxygens (including phenoxy) is 1. The van der Waals surface area contributed by atoms with Gasteiger partial charge in [0.25, 0.3) is 0 Å². The van der Waals surface area contributed by atoms with Crippen LogP contribution in [-0.4, -0.2) is 34.3 Å². The zero-order valence-electron chi connectivity index (χ0n) is 17.0. The highest BCUT2D eigenvalue weighted by Crippen LogP contribution is 2.35.